The summed E-state index contributed by atoms with van der Waals surface area (Å²) in [4.78, 5) is 31.3. The number of nitrogens with one attached hydrogen (secondary N) is 1. The number of anilines is 2. The fourth-order valence-electron chi connectivity index (χ4n) is 4.45. The third-order valence-electron chi connectivity index (χ3n) is 6.29. The molecule has 5 rings (SSSR count). The Morgan fingerprint density at radius 1 is 0.853 bits per heavy atom. The van der Waals surface area contributed by atoms with E-state index < -0.39 is 5.91 Å². The van der Waals surface area contributed by atoms with E-state index in [1.54, 1.807) is 0 Å². The first-order chi connectivity index (χ1) is 16.6. The summed E-state index contributed by atoms with van der Waals surface area (Å²) in [6.45, 7) is 1.67. The van der Waals surface area contributed by atoms with Crippen molar-refractivity contribution in [2.45, 2.75) is 19.3 Å². The molecule has 0 unspecified atom stereocenters. The van der Waals surface area contributed by atoms with E-state index in [1.807, 2.05) is 77.7 Å². The molecule has 3 aromatic carbocycles. The van der Waals surface area contributed by atoms with Crippen molar-refractivity contribution in [1.29, 1.82) is 0 Å². The Morgan fingerprint density at radius 3 is 2.26 bits per heavy atom. The highest BCUT2D eigenvalue weighted by Crippen LogP contribution is 2.32. The molecule has 0 atom stereocenters. The molecule has 0 spiro atoms. The summed E-state index contributed by atoms with van der Waals surface area (Å²) in [5.74, 6) is -0.437. The molecular weight excluding hydrogens is 424 g/mol. The zero-order chi connectivity index (χ0) is 23.5. The maximum atomic E-state index is 12.8. The largest absolute Gasteiger partial charge is 0.365 e. The molecule has 1 aliphatic rings. The van der Waals surface area contributed by atoms with Gasteiger partial charge < -0.3 is 16.0 Å². The molecule has 0 bridgehead atoms. The number of pyridine rings is 1. The molecule has 2 heterocycles. The van der Waals surface area contributed by atoms with Crippen LogP contribution in [0.25, 0.3) is 22.0 Å². The minimum absolute atomic E-state index is 0.0991. The van der Waals surface area contributed by atoms with Crippen LogP contribution in [0.1, 0.15) is 40.0 Å². The van der Waals surface area contributed by atoms with Gasteiger partial charge in [-0.05, 0) is 60.7 Å². The number of amides is 2. The summed E-state index contributed by atoms with van der Waals surface area (Å²) in [7, 11) is 0. The van der Waals surface area contributed by atoms with Crippen LogP contribution in [0, 0.1) is 0 Å². The molecule has 0 saturated carbocycles. The van der Waals surface area contributed by atoms with Gasteiger partial charge in [-0.3, -0.25) is 14.6 Å². The zero-order valence-electron chi connectivity index (χ0n) is 18.8. The number of carbonyl (C=O) groups excluding carboxylic acids is 2. The van der Waals surface area contributed by atoms with Gasteiger partial charge in [-0.1, -0.05) is 42.5 Å². The Bertz CT molecular complexity index is 1340. The van der Waals surface area contributed by atoms with Crippen LogP contribution >= 0.6 is 0 Å². The minimum atomic E-state index is -0.536. The topological polar surface area (TPSA) is 88.3 Å². The van der Waals surface area contributed by atoms with Gasteiger partial charge in [0.2, 0.25) is 0 Å². The van der Waals surface area contributed by atoms with Gasteiger partial charge >= 0.3 is 0 Å². The number of nitrogens with zero attached hydrogens (tertiary/aromatic N) is 2. The van der Waals surface area contributed by atoms with Crippen LogP contribution in [0.5, 0.6) is 0 Å². The van der Waals surface area contributed by atoms with E-state index in [-0.39, 0.29) is 5.91 Å². The first-order valence-corrected chi connectivity index (χ1v) is 11.5. The molecule has 6 heteroatoms. The smallest absolute Gasteiger partial charge is 0.253 e. The van der Waals surface area contributed by atoms with Crippen molar-refractivity contribution in [3.63, 3.8) is 0 Å². The molecule has 4 aromatic rings. The Balaban J connectivity index is 1.46. The van der Waals surface area contributed by atoms with Crippen LogP contribution in [-0.4, -0.2) is 34.8 Å². The fourth-order valence-corrected chi connectivity index (χ4v) is 4.45. The number of fused-ring (bicyclic) bond motifs is 1. The molecule has 0 aliphatic carbocycles. The van der Waals surface area contributed by atoms with Gasteiger partial charge in [0.05, 0.1) is 16.8 Å². The number of likely N-dealkylation sites (tertiary alicyclic amines) is 1. The highest BCUT2D eigenvalue weighted by atomic mass is 16.2. The molecule has 0 radical (unpaired) electrons. The average molecular weight is 451 g/mol. The summed E-state index contributed by atoms with van der Waals surface area (Å²) >= 11 is 0. The van der Waals surface area contributed by atoms with E-state index in [0.29, 0.717) is 16.8 Å². The molecular formula is C28H26N4O2. The number of primary amides is 1. The van der Waals surface area contributed by atoms with Crippen molar-refractivity contribution in [2.75, 3.05) is 18.4 Å². The van der Waals surface area contributed by atoms with Crippen molar-refractivity contribution in [3.8, 4) is 11.1 Å². The van der Waals surface area contributed by atoms with E-state index >= 15 is 0 Å². The summed E-state index contributed by atoms with van der Waals surface area (Å²) in [5, 5.41) is 4.13. The third-order valence-corrected chi connectivity index (χ3v) is 6.29. The van der Waals surface area contributed by atoms with Crippen LogP contribution in [0.3, 0.4) is 0 Å². The van der Waals surface area contributed by atoms with E-state index in [0.717, 1.165) is 53.6 Å². The number of hydrogen-bond donors (Lipinski definition) is 2. The van der Waals surface area contributed by atoms with Crippen molar-refractivity contribution in [2.24, 2.45) is 5.73 Å². The van der Waals surface area contributed by atoms with Crippen LogP contribution < -0.4 is 11.1 Å². The highest BCUT2D eigenvalue weighted by molar-refractivity contribution is 6.08. The first kappa shape index (κ1) is 21.6. The standard InChI is InChI=1S/C28H26N4O2/c29-27(33)24-18-30-25-17-21(13-14-23(25)26(24)31-22-7-3-1-4-8-22)19-9-11-20(12-10-19)28(34)32-15-5-2-6-16-32/h1,3-4,7-14,17-18H,2,5-6,15-16H2,(H2,29,33)(H,30,31). The first-order valence-electron chi connectivity index (χ1n) is 11.5. The van der Waals surface area contributed by atoms with Gasteiger partial charge in [-0.25, -0.2) is 0 Å². The lowest BCUT2D eigenvalue weighted by Crippen LogP contribution is -2.35. The molecule has 34 heavy (non-hydrogen) atoms. The van der Waals surface area contributed by atoms with Gasteiger partial charge in [0.1, 0.15) is 0 Å². The molecule has 6 nitrogen and oxygen atoms in total. The number of hydrogen-bond acceptors (Lipinski definition) is 4. The Labute approximate surface area is 198 Å². The van der Waals surface area contributed by atoms with Crippen LogP contribution in [0.4, 0.5) is 11.4 Å². The number of piperidine rings is 1. The van der Waals surface area contributed by atoms with Gasteiger partial charge in [0.25, 0.3) is 11.8 Å². The van der Waals surface area contributed by atoms with Gasteiger partial charge in [0.15, 0.2) is 0 Å². The summed E-state index contributed by atoms with van der Waals surface area (Å²) in [6, 6.07) is 23.3. The molecule has 1 saturated heterocycles. The van der Waals surface area contributed by atoms with E-state index in [2.05, 4.69) is 10.3 Å². The van der Waals surface area contributed by atoms with Crippen molar-refractivity contribution in [1.82, 2.24) is 9.88 Å². The SMILES string of the molecule is NC(=O)c1cnc2cc(-c3ccc(C(=O)N4CCCCC4)cc3)ccc2c1Nc1ccccc1. The molecule has 3 N–H and O–H groups in total. The molecule has 170 valence electrons. The van der Waals surface area contributed by atoms with Crippen LogP contribution in [-0.2, 0) is 0 Å². The maximum absolute atomic E-state index is 12.8. The number of benzene rings is 3. The summed E-state index contributed by atoms with van der Waals surface area (Å²) in [6.07, 6.45) is 4.86. The summed E-state index contributed by atoms with van der Waals surface area (Å²) < 4.78 is 0. The molecule has 1 aliphatic heterocycles. The highest BCUT2D eigenvalue weighted by Gasteiger charge is 2.18. The quantitative estimate of drug-likeness (QED) is 0.428. The Morgan fingerprint density at radius 2 is 1.56 bits per heavy atom. The number of para-hydroxylation sites is 1. The lowest BCUT2D eigenvalue weighted by Gasteiger charge is -2.26. The van der Waals surface area contributed by atoms with Crippen molar-refractivity contribution < 1.29 is 9.59 Å². The second-order valence-corrected chi connectivity index (χ2v) is 8.56. The molecule has 2 amide bonds. The van der Waals surface area contributed by atoms with Crippen LogP contribution in [0.15, 0.2) is 79.0 Å². The minimum Gasteiger partial charge on any atom is -0.365 e. The number of carbonyl (C=O) groups is 2. The van der Waals surface area contributed by atoms with E-state index in [1.165, 1.54) is 12.6 Å². The number of aromatic nitrogens is 1. The van der Waals surface area contributed by atoms with Gasteiger partial charge in [0, 0.05) is 35.9 Å². The lowest BCUT2D eigenvalue weighted by atomic mass is 10.00. The Kier molecular flexibility index (Phi) is 5.95. The normalized spacial score (nSPS) is 13.6. The third kappa shape index (κ3) is 4.35. The Hall–Kier alpha value is -4.19. The predicted octanol–water partition coefficient (Wildman–Crippen LogP) is 5.37. The van der Waals surface area contributed by atoms with Gasteiger partial charge in [-0.2, -0.15) is 0 Å². The monoisotopic (exact) mass is 450 g/mol. The zero-order valence-corrected chi connectivity index (χ0v) is 18.8. The number of nitrogens with two attached hydrogens (primary N) is 1. The second kappa shape index (κ2) is 9.35. The average Bonchev–Trinajstić information content (AvgIpc) is 2.89. The van der Waals surface area contributed by atoms with Gasteiger partial charge in [-0.15, -0.1) is 0 Å². The van der Waals surface area contributed by atoms with E-state index in [4.69, 9.17) is 5.73 Å². The molecule has 1 aromatic heterocycles. The second-order valence-electron chi connectivity index (χ2n) is 8.56. The van der Waals surface area contributed by atoms with Crippen molar-refractivity contribution in [3.05, 3.63) is 90.1 Å². The van der Waals surface area contributed by atoms with Crippen molar-refractivity contribution >= 4 is 34.1 Å². The fraction of sp³-hybridized carbons (Fsp3) is 0.179. The predicted molar refractivity (Wildman–Crippen MR) is 135 cm³/mol. The molecule has 1 fully saturated rings. The van der Waals surface area contributed by atoms with Crippen LogP contribution in [0.2, 0.25) is 0 Å². The maximum Gasteiger partial charge on any atom is 0.253 e. The van der Waals surface area contributed by atoms with E-state index in [9.17, 15) is 9.59 Å². The number of rotatable bonds is 5. The lowest BCUT2D eigenvalue weighted by molar-refractivity contribution is 0.0724. The summed E-state index contributed by atoms with van der Waals surface area (Å²) in [5.41, 5.74) is 10.9.